The highest BCUT2D eigenvalue weighted by Crippen LogP contribution is 2.57. The number of carbonyl (C=O) groups excluding carboxylic acids is 1. The third-order valence-corrected chi connectivity index (χ3v) is 13.8. The number of aliphatic hydroxyl groups is 2. The second-order valence-corrected chi connectivity index (χ2v) is 17.6. The van der Waals surface area contributed by atoms with Crippen molar-refractivity contribution in [3.8, 4) is 0 Å². The maximum atomic E-state index is 12.5. The number of cyclic esters (lactones) is 1. The summed E-state index contributed by atoms with van der Waals surface area (Å²) < 4.78 is 26.2. The van der Waals surface area contributed by atoms with Gasteiger partial charge in [-0.2, -0.15) is 0 Å². The van der Waals surface area contributed by atoms with E-state index in [-0.39, 0.29) is 41.5 Å². The molecule has 50 heavy (non-hydrogen) atoms. The molecule has 0 amide bonds. The quantitative estimate of drug-likeness (QED) is 0.213. The molecule has 7 rings (SSSR count). The van der Waals surface area contributed by atoms with Gasteiger partial charge in [0.15, 0.2) is 5.79 Å². The van der Waals surface area contributed by atoms with Gasteiger partial charge in [-0.05, 0) is 121 Å². The first-order chi connectivity index (χ1) is 23.6. The van der Waals surface area contributed by atoms with Crippen molar-refractivity contribution in [2.75, 3.05) is 6.54 Å². The normalized spacial score (nSPS) is 47.0. The molecule has 6 aliphatic heterocycles. The first-order valence-corrected chi connectivity index (χ1v) is 19.6. The third kappa shape index (κ3) is 6.44. The zero-order valence-corrected chi connectivity index (χ0v) is 31.4. The number of esters is 1. The molecule has 276 valence electrons. The summed E-state index contributed by atoms with van der Waals surface area (Å²) >= 11 is 0. The Bertz CT molecular complexity index is 1510. The Balaban J connectivity index is 1.27. The molecular weight excluding hydrogens is 630 g/mol. The smallest absolute Gasteiger partial charge is 0.334 e. The summed E-state index contributed by atoms with van der Waals surface area (Å²) in [5.74, 6) is -1.47. The van der Waals surface area contributed by atoms with Crippen LogP contribution in [0.4, 0.5) is 0 Å². The fourth-order valence-corrected chi connectivity index (χ4v) is 10.5. The number of fused-ring (bicyclic) bond motifs is 2. The van der Waals surface area contributed by atoms with E-state index in [4.69, 9.17) is 23.9 Å². The van der Waals surface area contributed by atoms with Crippen LogP contribution in [0.5, 0.6) is 0 Å². The SMILES string of the molecule is C=C1CCCC2=NC[C@H](C)CC[C@@]23CCC([C@@H]2C=C(C)C(=O)O2)=C(C)[C@@H]3/C=C(\C)[C@@H](O)C[C@H]2O[C@]3(CC[C@@]4(O[C@@H](CC[C@@]4(C)O)C1)O3)C[C@H]2C. The van der Waals surface area contributed by atoms with E-state index in [2.05, 4.69) is 40.3 Å². The van der Waals surface area contributed by atoms with Gasteiger partial charge in [0, 0.05) is 54.8 Å². The molecule has 0 aromatic carbocycles. The van der Waals surface area contributed by atoms with Crippen molar-refractivity contribution >= 4 is 11.7 Å². The average molecular weight is 692 g/mol. The van der Waals surface area contributed by atoms with Gasteiger partial charge in [0.25, 0.3) is 0 Å². The number of carbonyl (C=O) groups is 1. The van der Waals surface area contributed by atoms with Crippen LogP contribution < -0.4 is 0 Å². The molecule has 6 heterocycles. The molecule has 3 saturated heterocycles. The van der Waals surface area contributed by atoms with E-state index in [0.717, 1.165) is 69.9 Å². The largest absolute Gasteiger partial charge is 0.450 e. The predicted octanol–water partition coefficient (Wildman–Crippen LogP) is 7.83. The topological polar surface area (TPSA) is 107 Å². The molecule has 8 heteroatoms. The number of nitrogens with zero attached hydrogens (tertiary/aromatic N) is 1. The summed E-state index contributed by atoms with van der Waals surface area (Å²) in [4.78, 5) is 17.9. The zero-order chi connectivity index (χ0) is 35.6. The van der Waals surface area contributed by atoms with Gasteiger partial charge in [0.05, 0.1) is 18.3 Å². The minimum Gasteiger partial charge on any atom is -0.450 e. The van der Waals surface area contributed by atoms with Crippen LogP contribution in [0.25, 0.3) is 0 Å². The number of hydrogen-bond donors (Lipinski definition) is 2. The van der Waals surface area contributed by atoms with Crippen molar-refractivity contribution in [3.63, 3.8) is 0 Å². The molecule has 2 N–H and O–H groups in total. The molecule has 3 spiro atoms. The lowest BCUT2D eigenvalue weighted by molar-refractivity contribution is -0.387. The van der Waals surface area contributed by atoms with E-state index in [1.54, 1.807) is 0 Å². The monoisotopic (exact) mass is 691 g/mol. The average Bonchev–Trinajstić information content (AvgIpc) is 3.65. The van der Waals surface area contributed by atoms with Gasteiger partial charge in [0.2, 0.25) is 5.79 Å². The Hall–Kier alpha value is -2.10. The lowest BCUT2D eigenvalue weighted by Crippen LogP contribution is -2.60. The van der Waals surface area contributed by atoms with Gasteiger partial charge < -0.3 is 29.2 Å². The number of ether oxygens (including phenoxy) is 4. The van der Waals surface area contributed by atoms with Gasteiger partial charge in [-0.15, -0.1) is 0 Å². The zero-order valence-electron chi connectivity index (χ0n) is 31.4. The summed E-state index contributed by atoms with van der Waals surface area (Å²) in [6.07, 6.45) is 14.2. The van der Waals surface area contributed by atoms with Crippen molar-refractivity contribution in [3.05, 3.63) is 46.6 Å². The Morgan fingerprint density at radius 3 is 2.54 bits per heavy atom. The molecule has 3 fully saturated rings. The minimum atomic E-state index is -1.12. The summed E-state index contributed by atoms with van der Waals surface area (Å²) in [5.41, 5.74) is 5.23. The fraction of sp³-hybridized carbons (Fsp3) is 0.762. The predicted molar refractivity (Wildman–Crippen MR) is 193 cm³/mol. The summed E-state index contributed by atoms with van der Waals surface area (Å²) in [6, 6.07) is 0. The van der Waals surface area contributed by atoms with Gasteiger partial charge >= 0.3 is 5.97 Å². The Morgan fingerprint density at radius 2 is 1.78 bits per heavy atom. The number of rotatable bonds is 1. The molecule has 1 aliphatic carbocycles. The molecular formula is C42H61NO7. The Labute approximate surface area is 299 Å². The molecule has 11 atom stereocenters. The molecule has 0 saturated carbocycles. The van der Waals surface area contributed by atoms with Crippen LogP contribution in [0.3, 0.4) is 0 Å². The van der Waals surface area contributed by atoms with E-state index in [0.29, 0.717) is 43.6 Å². The van der Waals surface area contributed by atoms with Crippen molar-refractivity contribution < 1.29 is 34.0 Å². The van der Waals surface area contributed by atoms with Gasteiger partial charge in [-0.25, -0.2) is 4.79 Å². The summed E-state index contributed by atoms with van der Waals surface area (Å²) in [6.45, 7) is 17.8. The van der Waals surface area contributed by atoms with Crippen LogP contribution >= 0.6 is 0 Å². The van der Waals surface area contributed by atoms with E-state index in [1.165, 1.54) is 22.4 Å². The number of allylic oxidation sites excluding steroid dienone is 2. The number of aliphatic hydroxyl groups excluding tert-OH is 1. The molecule has 8 nitrogen and oxygen atoms in total. The van der Waals surface area contributed by atoms with Crippen LogP contribution in [-0.4, -0.2) is 70.0 Å². The standard InChI is InChI=1S/C42H61NO7/c1-25-9-8-10-37-40(15-11-26(2)24-43-37)16-13-32(36-21-28(4)38(45)47-36)30(6)33(40)20-27(3)34(44)22-35-29(5)23-41(49-35)17-18-42(50-41)39(7,46)14-12-31(19-25)48-42/h20-21,26,29,31,33-36,44,46H,1,8-19,22-24H2,2-7H3/b27-20+/t26-,29-,31+,33+,34+,35-,36+,39-,40+,41+,42-/m1/s1. The van der Waals surface area contributed by atoms with Crippen LogP contribution in [-0.2, 0) is 23.7 Å². The van der Waals surface area contributed by atoms with E-state index < -0.39 is 23.3 Å². The highest BCUT2D eigenvalue weighted by molar-refractivity contribution is 5.92. The van der Waals surface area contributed by atoms with E-state index in [9.17, 15) is 15.0 Å². The van der Waals surface area contributed by atoms with Crippen LogP contribution in [0, 0.1) is 23.2 Å². The van der Waals surface area contributed by atoms with E-state index >= 15 is 0 Å². The highest BCUT2D eigenvalue weighted by Gasteiger charge is 2.64. The lowest BCUT2D eigenvalue weighted by Gasteiger charge is -2.49. The number of aliphatic imine (C=N–C) groups is 1. The Kier molecular flexibility index (Phi) is 9.71. The second kappa shape index (κ2) is 13.4. The van der Waals surface area contributed by atoms with Gasteiger partial charge in [-0.1, -0.05) is 37.6 Å². The second-order valence-electron chi connectivity index (χ2n) is 17.6. The molecule has 0 radical (unpaired) electrons. The summed E-state index contributed by atoms with van der Waals surface area (Å²) in [7, 11) is 0. The first kappa shape index (κ1) is 36.3. The van der Waals surface area contributed by atoms with Crippen molar-refractivity contribution in [2.24, 2.45) is 28.2 Å². The third-order valence-electron chi connectivity index (χ3n) is 13.8. The maximum absolute atomic E-state index is 12.5. The molecule has 4 bridgehead atoms. The highest BCUT2D eigenvalue weighted by atomic mass is 16.8. The maximum Gasteiger partial charge on any atom is 0.334 e. The van der Waals surface area contributed by atoms with Crippen LogP contribution in [0.1, 0.15) is 131 Å². The van der Waals surface area contributed by atoms with Gasteiger partial charge in [-0.3, -0.25) is 4.99 Å². The fourth-order valence-electron chi connectivity index (χ4n) is 10.5. The lowest BCUT2D eigenvalue weighted by atomic mass is 9.58. The summed E-state index contributed by atoms with van der Waals surface area (Å²) in [5, 5.41) is 23.5. The minimum absolute atomic E-state index is 0.0319. The molecule has 0 aromatic heterocycles. The first-order valence-electron chi connectivity index (χ1n) is 19.6. The van der Waals surface area contributed by atoms with E-state index in [1.807, 2.05) is 19.9 Å². The van der Waals surface area contributed by atoms with Crippen LogP contribution in [0.15, 0.2) is 51.6 Å². The van der Waals surface area contributed by atoms with Crippen LogP contribution in [0.2, 0.25) is 0 Å². The molecule has 0 unspecified atom stereocenters. The van der Waals surface area contributed by atoms with Crippen molar-refractivity contribution in [2.45, 2.75) is 173 Å². The molecule has 0 aromatic rings. The Morgan fingerprint density at radius 1 is 0.980 bits per heavy atom. The van der Waals surface area contributed by atoms with Crippen molar-refractivity contribution in [1.29, 1.82) is 0 Å². The number of hydrogen-bond acceptors (Lipinski definition) is 8. The molecule has 7 aliphatic rings. The van der Waals surface area contributed by atoms with Crippen molar-refractivity contribution in [1.82, 2.24) is 0 Å². The van der Waals surface area contributed by atoms with Gasteiger partial charge in [0.1, 0.15) is 11.7 Å².